The summed E-state index contributed by atoms with van der Waals surface area (Å²) in [6.45, 7) is 4.20. The van der Waals surface area contributed by atoms with E-state index in [1.807, 2.05) is 17.8 Å². The zero-order chi connectivity index (χ0) is 14.3. The van der Waals surface area contributed by atoms with Gasteiger partial charge in [-0.05, 0) is 47.0 Å². The van der Waals surface area contributed by atoms with Crippen molar-refractivity contribution in [1.82, 2.24) is 25.9 Å². The Labute approximate surface area is 125 Å². The molecule has 7 heteroatoms. The maximum atomic E-state index is 4.47. The van der Waals surface area contributed by atoms with Crippen molar-refractivity contribution in [3.05, 3.63) is 45.7 Å². The summed E-state index contributed by atoms with van der Waals surface area (Å²) in [6.07, 6.45) is 1.80. The molecule has 0 radical (unpaired) electrons. The maximum Gasteiger partial charge on any atom is 0.177 e. The molecule has 104 valence electrons. The molecule has 0 fully saturated rings. The lowest BCUT2D eigenvalue weighted by Crippen LogP contribution is -2.37. The van der Waals surface area contributed by atoms with Crippen LogP contribution in [0.15, 0.2) is 34.1 Å². The number of hydrogen-bond acceptors (Lipinski definition) is 5. The van der Waals surface area contributed by atoms with Crippen LogP contribution in [-0.4, -0.2) is 27.7 Å². The largest absolute Gasteiger partial charge is 0.274 e. The topological polar surface area (TPSA) is 57.5 Å². The Balaban J connectivity index is 2.09. The van der Waals surface area contributed by atoms with E-state index >= 15 is 0 Å². The third-order valence-corrected chi connectivity index (χ3v) is 4.22. The van der Waals surface area contributed by atoms with E-state index in [2.05, 4.69) is 63.2 Å². The van der Waals surface area contributed by atoms with Gasteiger partial charge in [-0.3, -0.25) is 5.01 Å². The molecule has 0 atom stereocenters. The number of nitrogens with zero attached hydrogens (tertiary/aromatic N) is 4. The number of hydrazine groups is 2. The molecule has 2 heterocycles. The first-order chi connectivity index (χ1) is 9.59. The first kappa shape index (κ1) is 13.1. The molecule has 20 heavy (non-hydrogen) atoms. The minimum atomic E-state index is 0.786. The number of amidine groups is 1. The number of rotatable bonds is 2. The van der Waals surface area contributed by atoms with Crippen molar-refractivity contribution >= 4 is 21.8 Å². The molecule has 0 amide bonds. The average Bonchev–Trinajstić information content (AvgIpc) is 2.99. The Morgan fingerprint density at radius 3 is 2.75 bits per heavy atom. The lowest BCUT2D eigenvalue weighted by atomic mass is 10.1. The van der Waals surface area contributed by atoms with E-state index in [-0.39, 0.29) is 0 Å². The van der Waals surface area contributed by atoms with Gasteiger partial charge in [0.2, 0.25) is 0 Å². The van der Waals surface area contributed by atoms with Gasteiger partial charge in [0.1, 0.15) is 4.60 Å². The van der Waals surface area contributed by atoms with Crippen LogP contribution in [0, 0.1) is 13.8 Å². The standard InChI is InChI=1S/C13H15BrN6/c1-8-5-4-6-11(9(8)2)20-12(14)10(7-15-20)13-16-17-18-19(13)3/h4-7,17-18H,1-3H3. The van der Waals surface area contributed by atoms with Gasteiger partial charge in [0.15, 0.2) is 5.84 Å². The quantitative estimate of drug-likeness (QED) is 0.880. The van der Waals surface area contributed by atoms with Gasteiger partial charge in [-0.25, -0.2) is 10.2 Å². The molecular weight excluding hydrogens is 320 g/mol. The van der Waals surface area contributed by atoms with Gasteiger partial charge in [-0.1, -0.05) is 12.1 Å². The zero-order valence-corrected chi connectivity index (χ0v) is 13.1. The van der Waals surface area contributed by atoms with Gasteiger partial charge in [0.25, 0.3) is 0 Å². The fraction of sp³-hybridized carbons (Fsp3) is 0.231. The minimum Gasteiger partial charge on any atom is -0.274 e. The van der Waals surface area contributed by atoms with Crippen LogP contribution in [0.25, 0.3) is 5.69 Å². The predicted molar refractivity (Wildman–Crippen MR) is 81.3 cm³/mol. The number of nitrogens with one attached hydrogen (secondary N) is 2. The van der Waals surface area contributed by atoms with Crippen LogP contribution < -0.4 is 11.1 Å². The third-order valence-electron chi connectivity index (χ3n) is 3.45. The van der Waals surface area contributed by atoms with Gasteiger partial charge in [-0.15, -0.1) is 10.6 Å². The number of benzene rings is 1. The summed E-state index contributed by atoms with van der Waals surface area (Å²) in [5, 5.41) is 10.5. The Bertz CT molecular complexity index is 690. The van der Waals surface area contributed by atoms with Crippen molar-refractivity contribution in [2.45, 2.75) is 13.8 Å². The van der Waals surface area contributed by atoms with E-state index in [9.17, 15) is 0 Å². The van der Waals surface area contributed by atoms with Crippen molar-refractivity contribution < 1.29 is 0 Å². The molecule has 1 aromatic carbocycles. The molecule has 1 aliphatic rings. The Morgan fingerprint density at radius 2 is 2.05 bits per heavy atom. The van der Waals surface area contributed by atoms with Gasteiger partial charge in [0, 0.05) is 7.05 Å². The summed E-state index contributed by atoms with van der Waals surface area (Å²) >= 11 is 3.62. The van der Waals surface area contributed by atoms with Crippen LogP contribution in [0.5, 0.6) is 0 Å². The van der Waals surface area contributed by atoms with E-state index in [0.29, 0.717) is 0 Å². The van der Waals surface area contributed by atoms with Crippen molar-refractivity contribution in [3.63, 3.8) is 0 Å². The van der Waals surface area contributed by atoms with E-state index < -0.39 is 0 Å². The average molecular weight is 335 g/mol. The summed E-state index contributed by atoms with van der Waals surface area (Å²) in [4.78, 5) is 0. The van der Waals surface area contributed by atoms with E-state index in [0.717, 1.165) is 21.7 Å². The fourth-order valence-corrected chi connectivity index (χ4v) is 2.70. The molecule has 0 saturated heterocycles. The van der Waals surface area contributed by atoms with Crippen LogP contribution in [0.4, 0.5) is 0 Å². The second-order valence-electron chi connectivity index (χ2n) is 4.70. The summed E-state index contributed by atoms with van der Waals surface area (Å²) in [5.74, 6) is 0.786. The Kier molecular flexibility index (Phi) is 3.23. The van der Waals surface area contributed by atoms with Crippen molar-refractivity contribution in [1.29, 1.82) is 0 Å². The van der Waals surface area contributed by atoms with Crippen LogP contribution >= 0.6 is 15.9 Å². The molecule has 0 saturated carbocycles. The van der Waals surface area contributed by atoms with E-state index in [1.54, 1.807) is 11.2 Å². The van der Waals surface area contributed by atoms with Gasteiger partial charge >= 0.3 is 0 Å². The Morgan fingerprint density at radius 1 is 1.25 bits per heavy atom. The first-order valence-corrected chi connectivity index (χ1v) is 7.01. The molecule has 0 spiro atoms. The molecule has 1 aromatic heterocycles. The van der Waals surface area contributed by atoms with Crippen molar-refractivity contribution in [2.75, 3.05) is 7.05 Å². The highest BCUT2D eigenvalue weighted by molar-refractivity contribution is 9.10. The van der Waals surface area contributed by atoms with Crippen molar-refractivity contribution in [3.8, 4) is 5.69 Å². The Hall–Kier alpha value is -1.86. The number of hydrogen-bond donors (Lipinski definition) is 2. The fourth-order valence-electron chi connectivity index (χ4n) is 2.14. The highest BCUT2D eigenvalue weighted by Gasteiger charge is 2.21. The van der Waals surface area contributed by atoms with Gasteiger partial charge in [-0.2, -0.15) is 5.10 Å². The molecule has 6 nitrogen and oxygen atoms in total. The van der Waals surface area contributed by atoms with E-state index in [4.69, 9.17) is 0 Å². The number of aromatic nitrogens is 2. The summed E-state index contributed by atoms with van der Waals surface area (Å²) in [5.41, 5.74) is 10.0. The summed E-state index contributed by atoms with van der Waals surface area (Å²) < 4.78 is 2.76. The highest BCUT2D eigenvalue weighted by atomic mass is 79.9. The maximum absolute atomic E-state index is 4.47. The highest BCUT2D eigenvalue weighted by Crippen LogP contribution is 2.25. The smallest absolute Gasteiger partial charge is 0.177 e. The van der Waals surface area contributed by atoms with Crippen LogP contribution in [0.3, 0.4) is 0 Å². The zero-order valence-electron chi connectivity index (χ0n) is 11.5. The summed E-state index contributed by atoms with van der Waals surface area (Å²) in [7, 11) is 1.89. The van der Waals surface area contributed by atoms with Crippen LogP contribution in [-0.2, 0) is 0 Å². The summed E-state index contributed by atoms with van der Waals surface area (Å²) in [6, 6.07) is 6.19. The van der Waals surface area contributed by atoms with Gasteiger partial charge < -0.3 is 0 Å². The number of halogens is 1. The van der Waals surface area contributed by atoms with Gasteiger partial charge in [0.05, 0.1) is 17.4 Å². The van der Waals surface area contributed by atoms with Crippen LogP contribution in [0.2, 0.25) is 0 Å². The number of aryl methyl sites for hydroxylation is 1. The molecule has 0 unspecified atom stereocenters. The first-order valence-electron chi connectivity index (χ1n) is 6.22. The number of hydrazone groups is 1. The van der Waals surface area contributed by atoms with E-state index in [1.165, 1.54) is 11.1 Å². The lowest BCUT2D eigenvalue weighted by Gasteiger charge is -2.12. The normalized spacial score (nSPS) is 14.4. The second kappa shape index (κ2) is 4.92. The second-order valence-corrected chi connectivity index (χ2v) is 5.45. The molecule has 1 aliphatic heterocycles. The molecule has 2 aromatic rings. The van der Waals surface area contributed by atoms with Crippen LogP contribution in [0.1, 0.15) is 16.7 Å². The molecule has 0 bridgehead atoms. The molecular formula is C13H15BrN6. The SMILES string of the molecule is Cc1cccc(-n2ncc(C3=NNNN3C)c2Br)c1C. The molecule has 2 N–H and O–H groups in total. The predicted octanol–water partition coefficient (Wildman–Crippen LogP) is 1.87. The molecule has 0 aliphatic carbocycles. The third kappa shape index (κ3) is 1.99. The minimum absolute atomic E-state index is 0.786. The monoisotopic (exact) mass is 334 g/mol. The lowest BCUT2D eigenvalue weighted by molar-refractivity contribution is 0.349. The molecule has 3 rings (SSSR count). The van der Waals surface area contributed by atoms with Crippen molar-refractivity contribution in [2.24, 2.45) is 5.10 Å².